The first-order chi connectivity index (χ1) is 14.2. The molecule has 172 valence electrons. The second-order valence-corrected chi connectivity index (χ2v) is 9.64. The van der Waals surface area contributed by atoms with Crippen LogP contribution in [0, 0.1) is 11.8 Å². The van der Waals surface area contributed by atoms with Gasteiger partial charge in [-0.15, -0.1) is 0 Å². The number of nitrogens with one attached hydrogen (secondary N) is 2. The fourth-order valence-corrected chi connectivity index (χ4v) is 4.45. The minimum Gasteiger partial charge on any atom is -0.344 e. The highest BCUT2D eigenvalue weighted by Crippen LogP contribution is 2.19. The summed E-state index contributed by atoms with van der Waals surface area (Å²) in [5.74, 6) is 0.225. The Labute approximate surface area is 182 Å². The summed E-state index contributed by atoms with van der Waals surface area (Å²) in [5.41, 5.74) is 0. The normalized spacial score (nSPS) is 22.5. The molecule has 0 aromatic rings. The number of nitrogens with zero attached hydrogens (tertiary/aromatic N) is 2. The molecule has 0 radical (unpaired) electrons. The summed E-state index contributed by atoms with van der Waals surface area (Å²) in [7, 11) is 0. The van der Waals surface area contributed by atoms with E-state index in [2.05, 4.69) is 10.6 Å². The molecule has 2 aliphatic rings. The zero-order valence-electron chi connectivity index (χ0n) is 19.6. The van der Waals surface area contributed by atoms with Crippen LogP contribution in [0.3, 0.4) is 0 Å². The van der Waals surface area contributed by atoms with Gasteiger partial charge in [0.05, 0.1) is 0 Å². The number of amides is 4. The van der Waals surface area contributed by atoms with E-state index in [0.717, 1.165) is 19.3 Å². The lowest BCUT2D eigenvalue weighted by Crippen LogP contribution is -2.61. The third-order valence-corrected chi connectivity index (χ3v) is 6.52. The average molecular weight is 423 g/mol. The van der Waals surface area contributed by atoms with E-state index in [1.165, 1.54) is 19.3 Å². The lowest BCUT2D eigenvalue weighted by molar-refractivity contribution is -0.140. The highest BCUT2D eigenvalue weighted by atomic mass is 16.2. The molecule has 3 atom stereocenters. The maximum absolute atomic E-state index is 13.3. The topological polar surface area (TPSA) is 81.8 Å². The molecular weight excluding hydrogens is 380 g/mol. The standard InChI is InChI=1S/C23H42N4O3/c1-6-17(4)21(25-20(28)14-16(2)3)22(29)26-12-13-27(18(5)15-26)23(30)24-19-10-8-7-9-11-19/h16-19,21H,6-15H2,1-5H3,(H,24,30)(H,25,28). The molecule has 3 unspecified atom stereocenters. The fraction of sp³-hybridized carbons (Fsp3) is 0.870. The Bertz CT molecular complexity index is 589. The van der Waals surface area contributed by atoms with Crippen LogP contribution in [0.15, 0.2) is 0 Å². The van der Waals surface area contributed by atoms with Gasteiger partial charge >= 0.3 is 6.03 Å². The predicted molar refractivity (Wildman–Crippen MR) is 119 cm³/mol. The van der Waals surface area contributed by atoms with Crippen LogP contribution in [-0.4, -0.2) is 65.4 Å². The second kappa shape index (κ2) is 11.6. The first-order valence-electron chi connectivity index (χ1n) is 11.9. The van der Waals surface area contributed by atoms with Gasteiger partial charge in [-0.1, -0.05) is 53.4 Å². The SMILES string of the molecule is CCC(C)C(NC(=O)CC(C)C)C(=O)N1CCN(C(=O)NC2CCCCC2)C(C)C1. The van der Waals surface area contributed by atoms with Gasteiger partial charge in [0.25, 0.3) is 0 Å². The van der Waals surface area contributed by atoms with Gasteiger partial charge < -0.3 is 20.4 Å². The first kappa shape index (κ1) is 24.5. The maximum atomic E-state index is 13.3. The number of carbonyl (C=O) groups excluding carboxylic acids is 3. The monoisotopic (exact) mass is 422 g/mol. The molecule has 7 heteroatoms. The second-order valence-electron chi connectivity index (χ2n) is 9.64. The zero-order valence-corrected chi connectivity index (χ0v) is 19.6. The summed E-state index contributed by atoms with van der Waals surface area (Å²) >= 11 is 0. The fourth-order valence-electron chi connectivity index (χ4n) is 4.45. The Morgan fingerprint density at radius 3 is 2.27 bits per heavy atom. The first-order valence-corrected chi connectivity index (χ1v) is 11.9. The van der Waals surface area contributed by atoms with Crippen molar-refractivity contribution in [3.05, 3.63) is 0 Å². The number of hydrogen-bond donors (Lipinski definition) is 2. The number of rotatable bonds is 7. The molecule has 2 rings (SSSR count). The third kappa shape index (κ3) is 6.88. The molecule has 1 aliphatic carbocycles. The lowest BCUT2D eigenvalue weighted by atomic mass is 9.95. The average Bonchev–Trinajstić information content (AvgIpc) is 2.71. The third-order valence-electron chi connectivity index (χ3n) is 6.52. The van der Waals surface area contributed by atoms with Crippen LogP contribution in [0.4, 0.5) is 4.79 Å². The molecule has 0 aromatic heterocycles. The number of urea groups is 1. The smallest absolute Gasteiger partial charge is 0.317 e. The van der Waals surface area contributed by atoms with Crippen LogP contribution in [0.5, 0.6) is 0 Å². The molecule has 2 fully saturated rings. The van der Waals surface area contributed by atoms with Crippen molar-refractivity contribution in [2.45, 2.75) is 97.7 Å². The molecule has 1 saturated carbocycles. The number of hydrogen-bond acceptors (Lipinski definition) is 3. The summed E-state index contributed by atoms with van der Waals surface area (Å²) < 4.78 is 0. The molecule has 4 amide bonds. The molecule has 0 spiro atoms. The van der Waals surface area contributed by atoms with Crippen molar-refractivity contribution in [3.8, 4) is 0 Å². The molecule has 1 aliphatic heterocycles. The molecule has 2 N–H and O–H groups in total. The van der Waals surface area contributed by atoms with E-state index in [4.69, 9.17) is 0 Å². The minimum absolute atomic E-state index is 0.00906. The van der Waals surface area contributed by atoms with Crippen molar-refractivity contribution in [3.63, 3.8) is 0 Å². The van der Waals surface area contributed by atoms with Crippen LogP contribution >= 0.6 is 0 Å². The van der Waals surface area contributed by atoms with Crippen molar-refractivity contribution in [1.82, 2.24) is 20.4 Å². The molecule has 1 heterocycles. The van der Waals surface area contributed by atoms with Gasteiger partial charge in [0.15, 0.2) is 0 Å². The number of carbonyl (C=O) groups is 3. The van der Waals surface area contributed by atoms with E-state index in [1.54, 1.807) is 0 Å². The van der Waals surface area contributed by atoms with Crippen molar-refractivity contribution in [2.75, 3.05) is 19.6 Å². The molecule has 1 saturated heterocycles. The zero-order chi connectivity index (χ0) is 22.3. The van der Waals surface area contributed by atoms with Gasteiger partial charge in [0.2, 0.25) is 11.8 Å². The lowest BCUT2D eigenvalue weighted by Gasteiger charge is -2.42. The Kier molecular flexibility index (Phi) is 9.43. The van der Waals surface area contributed by atoms with Crippen LogP contribution in [0.1, 0.15) is 79.6 Å². The molecule has 0 aromatic carbocycles. The summed E-state index contributed by atoms with van der Waals surface area (Å²) in [6.45, 7) is 11.6. The van der Waals surface area contributed by atoms with Crippen LogP contribution < -0.4 is 10.6 Å². The predicted octanol–water partition coefficient (Wildman–Crippen LogP) is 3.14. The van der Waals surface area contributed by atoms with E-state index in [0.29, 0.717) is 26.1 Å². The summed E-state index contributed by atoms with van der Waals surface area (Å²) in [6, 6.07) is -0.277. The Morgan fingerprint density at radius 1 is 1.03 bits per heavy atom. The molecule has 30 heavy (non-hydrogen) atoms. The van der Waals surface area contributed by atoms with E-state index in [1.807, 2.05) is 44.4 Å². The molecular formula is C23H42N4O3. The Hall–Kier alpha value is -1.79. The van der Waals surface area contributed by atoms with E-state index in [9.17, 15) is 14.4 Å². The van der Waals surface area contributed by atoms with E-state index in [-0.39, 0.29) is 41.8 Å². The largest absolute Gasteiger partial charge is 0.344 e. The summed E-state index contributed by atoms with van der Waals surface area (Å²) in [4.78, 5) is 42.0. The molecule has 0 bridgehead atoms. The Morgan fingerprint density at radius 2 is 1.70 bits per heavy atom. The van der Waals surface area contributed by atoms with Crippen molar-refractivity contribution in [2.24, 2.45) is 11.8 Å². The van der Waals surface area contributed by atoms with Gasteiger partial charge in [-0.05, 0) is 31.6 Å². The maximum Gasteiger partial charge on any atom is 0.317 e. The van der Waals surface area contributed by atoms with Crippen LogP contribution in [-0.2, 0) is 9.59 Å². The van der Waals surface area contributed by atoms with E-state index >= 15 is 0 Å². The van der Waals surface area contributed by atoms with Crippen LogP contribution in [0.25, 0.3) is 0 Å². The Balaban J connectivity index is 1.94. The highest BCUT2D eigenvalue weighted by Gasteiger charge is 2.35. The number of piperazine rings is 1. The van der Waals surface area contributed by atoms with Crippen molar-refractivity contribution in [1.29, 1.82) is 0 Å². The van der Waals surface area contributed by atoms with Gasteiger partial charge in [-0.25, -0.2) is 4.79 Å². The van der Waals surface area contributed by atoms with Crippen LogP contribution in [0.2, 0.25) is 0 Å². The molecule has 7 nitrogen and oxygen atoms in total. The summed E-state index contributed by atoms with van der Waals surface area (Å²) in [5, 5.41) is 6.16. The van der Waals surface area contributed by atoms with Gasteiger partial charge in [-0.2, -0.15) is 0 Å². The van der Waals surface area contributed by atoms with Crippen molar-refractivity contribution < 1.29 is 14.4 Å². The van der Waals surface area contributed by atoms with Gasteiger partial charge in [0, 0.05) is 38.1 Å². The van der Waals surface area contributed by atoms with Gasteiger partial charge in [0.1, 0.15) is 6.04 Å². The summed E-state index contributed by atoms with van der Waals surface area (Å²) in [6.07, 6.45) is 6.99. The van der Waals surface area contributed by atoms with Gasteiger partial charge in [-0.3, -0.25) is 9.59 Å². The van der Waals surface area contributed by atoms with E-state index < -0.39 is 6.04 Å². The quantitative estimate of drug-likeness (QED) is 0.661. The van der Waals surface area contributed by atoms with Crippen molar-refractivity contribution >= 4 is 17.8 Å². The minimum atomic E-state index is -0.504. The highest BCUT2D eigenvalue weighted by molar-refractivity contribution is 5.88.